The molecular formula is C10H8N4O. The summed E-state index contributed by atoms with van der Waals surface area (Å²) < 4.78 is 5.14. The summed E-state index contributed by atoms with van der Waals surface area (Å²) in [6.45, 7) is 0.499. The summed E-state index contributed by atoms with van der Waals surface area (Å²) in [4.78, 5) is 7.73. The van der Waals surface area contributed by atoms with Crippen LogP contribution in [-0.4, -0.2) is 9.97 Å². The van der Waals surface area contributed by atoms with Gasteiger partial charge in [-0.15, -0.1) is 0 Å². The molecule has 0 bridgehead atoms. The third-order valence-corrected chi connectivity index (χ3v) is 1.84. The van der Waals surface area contributed by atoms with Gasteiger partial charge in [0.15, 0.2) is 0 Å². The first-order chi connectivity index (χ1) is 7.40. The summed E-state index contributed by atoms with van der Waals surface area (Å²) in [6, 6.07) is 5.66. The summed E-state index contributed by atoms with van der Waals surface area (Å²) in [5, 5.41) is 11.8. The molecule has 0 saturated heterocycles. The van der Waals surface area contributed by atoms with Crippen LogP contribution in [0.1, 0.15) is 11.3 Å². The number of rotatable bonds is 3. The summed E-state index contributed by atoms with van der Waals surface area (Å²) in [5.41, 5.74) is 0.420. The molecule has 2 aromatic heterocycles. The lowest BCUT2D eigenvalue weighted by atomic mass is 10.3. The molecule has 0 radical (unpaired) electrons. The second kappa shape index (κ2) is 4.24. The molecule has 0 aliphatic carbocycles. The molecule has 2 heterocycles. The van der Waals surface area contributed by atoms with Crippen LogP contribution in [0.4, 0.5) is 5.82 Å². The van der Waals surface area contributed by atoms with E-state index in [1.165, 1.54) is 12.5 Å². The topological polar surface area (TPSA) is 74.7 Å². The van der Waals surface area contributed by atoms with Crippen LogP contribution in [0, 0.1) is 11.3 Å². The molecule has 74 valence electrons. The average molecular weight is 200 g/mol. The van der Waals surface area contributed by atoms with Crippen molar-refractivity contribution in [1.82, 2.24) is 9.97 Å². The van der Waals surface area contributed by atoms with Gasteiger partial charge in [-0.05, 0) is 12.1 Å². The van der Waals surface area contributed by atoms with E-state index in [4.69, 9.17) is 9.68 Å². The third-order valence-electron chi connectivity index (χ3n) is 1.84. The molecule has 0 aliphatic heterocycles. The Labute approximate surface area is 86.4 Å². The largest absolute Gasteiger partial charge is 0.467 e. The second-order valence-corrected chi connectivity index (χ2v) is 2.83. The fourth-order valence-electron chi connectivity index (χ4n) is 1.14. The first kappa shape index (κ1) is 9.21. The van der Waals surface area contributed by atoms with Crippen molar-refractivity contribution in [2.45, 2.75) is 6.54 Å². The van der Waals surface area contributed by atoms with Crippen LogP contribution in [0.2, 0.25) is 0 Å². The van der Waals surface area contributed by atoms with Gasteiger partial charge < -0.3 is 9.73 Å². The maximum atomic E-state index is 8.78. The van der Waals surface area contributed by atoms with E-state index in [-0.39, 0.29) is 0 Å². The Morgan fingerprint density at radius 2 is 2.47 bits per heavy atom. The molecule has 0 spiro atoms. The molecule has 0 fully saturated rings. The van der Waals surface area contributed by atoms with Crippen molar-refractivity contribution in [3.05, 3.63) is 42.2 Å². The lowest BCUT2D eigenvalue weighted by molar-refractivity contribution is 0.518. The highest BCUT2D eigenvalue weighted by atomic mass is 16.3. The van der Waals surface area contributed by atoms with Gasteiger partial charge in [0.25, 0.3) is 0 Å². The highest BCUT2D eigenvalue weighted by Gasteiger charge is 2.02. The molecule has 2 aromatic rings. The summed E-state index contributed by atoms with van der Waals surface area (Å²) in [7, 11) is 0. The van der Waals surface area contributed by atoms with Crippen LogP contribution < -0.4 is 5.32 Å². The van der Waals surface area contributed by atoms with Crippen LogP contribution in [-0.2, 0) is 6.54 Å². The molecule has 0 aliphatic rings. The minimum Gasteiger partial charge on any atom is -0.467 e. The third kappa shape index (κ3) is 2.11. The fraction of sp³-hybridized carbons (Fsp3) is 0.100. The zero-order valence-electron chi connectivity index (χ0n) is 7.84. The number of hydrogen-bond donors (Lipinski definition) is 1. The monoisotopic (exact) mass is 200 g/mol. The van der Waals surface area contributed by atoms with Crippen LogP contribution in [0.5, 0.6) is 0 Å². The van der Waals surface area contributed by atoms with Gasteiger partial charge in [-0.1, -0.05) is 0 Å². The van der Waals surface area contributed by atoms with Crippen molar-refractivity contribution < 1.29 is 4.42 Å². The second-order valence-electron chi connectivity index (χ2n) is 2.83. The molecule has 5 heteroatoms. The van der Waals surface area contributed by atoms with Crippen LogP contribution in [0.25, 0.3) is 0 Å². The number of nitriles is 1. The Morgan fingerprint density at radius 1 is 1.53 bits per heavy atom. The average Bonchev–Trinajstić information content (AvgIpc) is 2.79. The van der Waals surface area contributed by atoms with Crippen LogP contribution in [0.15, 0.2) is 35.3 Å². The molecule has 1 N–H and O–H groups in total. The molecule has 0 amide bonds. The number of hydrogen-bond acceptors (Lipinski definition) is 5. The van der Waals surface area contributed by atoms with Crippen LogP contribution >= 0.6 is 0 Å². The van der Waals surface area contributed by atoms with Gasteiger partial charge >= 0.3 is 0 Å². The molecule has 0 atom stereocenters. The van der Waals surface area contributed by atoms with E-state index in [9.17, 15) is 0 Å². The molecule has 0 unspecified atom stereocenters. The van der Waals surface area contributed by atoms with Crippen molar-refractivity contribution in [2.75, 3.05) is 5.32 Å². The molecule has 0 saturated carbocycles. The van der Waals surface area contributed by atoms with Gasteiger partial charge in [0, 0.05) is 0 Å². The van der Waals surface area contributed by atoms with Crippen molar-refractivity contribution in [1.29, 1.82) is 5.26 Å². The Morgan fingerprint density at radius 3 is 3.20 bits per heavy atom. The maximum absolute atomic E-state index is 8.78. The number of aromatic nitrogens is 2. The van der Waals surface area contributed by atoms with E-state index in [2.05, 4.69) is 15.3 Å². The summed E-state index contributed by atoms with van der Waals surface area (Å²) >= 11 is 0. The van der Waals surface area contributed by atoms with Gasteiger partial charge in [-0.25, -0.2) is 9.97 Å². The fourth-order valence-corrected chi connectivity index (χ4v) is 1.14. The Hall–Kier alpha value is -2.35. The smallest absolute Gasteiger partial charge is 0.147 e. The predicted molar refractivity (Wildman–Crippen MR) is 52.8 cm³/mol. The van der Waals surface area contributed by atoms with E-state index < -0.39 is 0 Å². The minimum absolute atomic E-state index is 0.420. The summed E-state index contributed by atoms with van der Waals surface area (Å²) in [5.74, 6) is 1.31. The zero-order valence-corrected chi connectivity index (χ0v) is 7.84. The van der Waals surface area contributed by atoms with E-state index in [0.29, 0.717) is 17.9 Å². The number of furan rings is 1. The normalized spacial score (nSPS) is 9.53. The Bertz CT molecular complexity index is 472. The molecule has 2 rings (SSSR count). The number of nitrogens with zero attached hydrogens (tertiary/aromatic N) is 3. The maximum Gasteiger partial charge on any atom is 0.147 e. The first-order valence-corrected chi connectivity index (χ1v) is 4.36. The predicted octanol–water partition coefficient (Wildman–Crippen LogP) is 1.55. The highest BCUT2D eigenvalue weighted by molar-refractivity contribution is 5.49. The first-order valence-electron chi connectivity index (χ1n) is 4.36. The van der Waals surface area contributed by atoms with Crippen molar-refractivity contribution in [3.63, 3.8) is 0 Å². The van der Waals surface area contributed by atoms with Crippen molar-refractivity contribution >= 4 is 5.82 Å². The quantitative estimate of drug-likeness (QED) is 0.813. The molecule has 0 aromatic carbocycles. The van der Waals surface area contributed by atoms with Gasteiger partial charge in [0.1, 0.15) is 29.5 Å². The number of nitrogens with one attached hydrogen (secondary N) is 1. The van der Waals surface area contributed by atoms with E-state index >= 15 is 0 Å². The zero-order chi connectivity index (χ0) is 10.5. The van der Waals surface area contributed by atoms with Crippen molar-refractivity contribution in [3.8, 4) is 6.07 Å². The van der Waals surface area contributed by atoms with E-state index in [1.807, 2.05) is 18.2 Å². The number of anilines is 1. The van der Waals surface area contributed by atoms with Gasteiger partial charge in [-0.2, -0.15) is 5.26 Å². The minimum atomic E-state index is 0.420. The summed E-state index contributed by atoms with van der Waals surface area (Å²) in [6.07, 6.45) is 4.46. The standard InChI is InChI=1S/C10H8N4O/c11-4-8-5-12-7-14-10(8)13-6-9-2-1-3-15-9/h1-3,5,7H,6H2,(H,12,13,14). The van der Waals surface area contributed by atoms with E-state index in [1.54, 1.807) is 6.26 Å². The molecular weight excluding hydrogens is 192 g/mol. The molecule has 15 heavy (non-hydrogen) atoms. The lowest BCUT2D eigenvalue weighted by Crippen LogP contribution is -2.02. The molecule has 5 nitrogen and oxygen atoms in total. The van der Waals surface area contributed by atoms with Gasteiger partial charge in [-0.3, -0.25) is 0 Å². The van der Waals surface area contributed by atoms with Crippen LogP contribution in [0.3, 0.4) is 0 Å². The highest BCUT2D eigenvalue weighted by Crippen LogP contribution is 2.10. The Balaban J connectivity index is 2.08. The SMILES string of the molecule is N#Cc1cncnc1NCc1ccco1. The Kier molecular flexibility index (Phi) is 2.61. The van der Waals surface area contributed by atoms with Gasteiger partial charge in [0.05, 0.1) is 19.0 Å². The van der Waals surface area contributed by atoms with Gasteiger partial charge in [0.2, 0.25) is 0 Å². The van der Waals surface area contributed by atoms with Crippen molar-refractivity contribution in [2.24, 2.45) is 0 Å². The van der Waals surface area contributed by atoms with E-state index in [0.717, 1.165) is 5.76 Å². The lowest BCUT2D eigenvalue weighted by Gasteiger charge is -2.03.